The number of hydrogen-bond acceptors (Lipinski definition) is 6. The smallest absolute Gasteiger partial charge is 0.255 e. The van der Waals surface area contributed by atoms with Gasteiger partial charge in [-0.05, 0) is 49.8 Å². The quantitative estimate of drug-likeness (QED) is 0.456. The van der Waals surface area contributed by atoms with Crippen molar-refractivity contribution in [2.24, 2.45) is 0 Å². The molecule has 0 atom stereocenters. The lowest BCUT2D eigenvalue weighted by molar-refractivity contribution is 0.102. The molecule has 0 fully saturated rings. The van der Waals surface area contributed by atoms with E-state index in [4.69, 9.17) is 9.47 Å². The Balaban J connectivity index is 2.25. The molecule has 1 N–H and O–H groups in total. The molecule has 0 spiro atoms. The van der Waals surface area contributed by atoms with Crippen molar-refractivity contribution in [2.45, 2.75) is 39.5 Å². The number of nitrogens with zero attached hydrogens (tertiary/aromatic N) is 2. The summed E-state index contributed by atoms with van der Waals surface area (Å²) in [6, 6.07) is 9.79. The second-order valence-corrected chi connectivity index (χ2v) is 9.70. The molecular weight excluding hydrogens is 454 g/mol. The SMILES string of the molecule is CCN(CC)CCOc1cc(NC(=O)c2cc(S(=O)(=O)N(CC)CC)ccc2C)ccc1OC. The Bertz CT molecular complexity index is 1060. The molecule has 0 saturated heterocycles. The zero-order valence-electron chi connectivity index (χ0n) is 21.1. The van der Waals surface area contributed by atoms with Crippen LogP contribution in [0.25, 0.3) is 0 Å². The van der Waals surface area contributed by atoms with Gasteiger partial charge in [0.25, 0.3) is 5.91 Å². The van der Waals surface area contributed by atoms with Crippen LogP contribution in [0.3, 0.4) is 0 Å². The fraction of sp³-hybridized carbons (Fsp3) is 0.480. The second kappa shape index (κ2) is 12.7. The van der Waals surface area contributed by atoms with Gasteiger partial charge in [0.15, 0.2) is 11.5 Å². The highest BCUT2D eigenvalue weighted by molar-refractivity contribution is 7.89. The van der Waals surface area contributed by atoms with Crippen molar-refractivity contribution < 1.29 is 22.7 Å². The predicted molar refractivity (Wildman–Crippen MR) is 136 cm³/mol. The second-order valence-electron chi connectivity index (χ2n) is 7.76. The van der Waals surface area contributed by atoms with Crippen LogP contribution in [0, 0.1) is 6.92 Å². The van der Waals surface area contributed by atoms with Crippen molar-refractivity contribution in [2.75, 3.05) is 51.8 Å². The third kappa shape index (κ3) is 6.71. The number of hydrogen-bond donors (Lipinski definition) is 1. The average Bonchev–Trinajstić information content (AvgIpc) is 2.82. The molecule has 34 heavy (non-hydrogen) atoms. The van der Waals surface area contributed by atoms with Crippen molar-refractivity contribution in [1.82, 2.24) is 9.21 Å². The van der Waals surface area contributed by atoms with Crippen LogP contribution < -0.4 is 14.8 Å². The molecule has 2 aromatic carbocycles. The summed E-state index contributed by atoms with van der Waals surface area (Å²) < 4.78 is 38.5. The Morgan fingerprint density at radius 3 is 2.21 bits per heavy atom. The number of nitrogens with one attached hydrogen (secondary N) is 1. The summed E-state index contributed by atoms with van der Waals surface area (Å²) in [6.07, 6.45) is 0. The fourth-order valence-corrected chi connectivity index (χ4v) is 5.09. The van der Waals surface area contributed by atoms with Gasteiger partial charge in [0, 0.05) is 37.0 Å². The van der Waals surface area contributed by atoms with Crippen molar-refractivity contribution in [3.63, 3.8) is 0 Å². The first-order valence-electron chi connectivity index (χ1n) is 11.7. The van der Waals surface area contributed by atoms with Gasteiger partial charge in [-0.25, -0.2) is 8.42 Å². The number of carbonyl (C=O) groups excluding carboxylic acids is 1. The molecule has 8 nitrogen and oxygen atoms in total. The molecular formula is C25H37N3O5S. The molecule has 188 valence electrons. The van der Waals surface area contributed by atoms with E-state index in [1.807, 2.05) is 0 Å². The summed E-state index contributed by atoms with van der Waals surface area (Å²) in [4.78, 5) is 15.4. The Hall–Kier alpha value is -2.62. The van der Waals surface area contributed by atoms with Gasteiger partial charge in [-0.15, -0.1) is 0 Å². The van der Waals surface area contributed by atoms with Gasteiger partial charge >= 0.3 is 0 Å². The largest absolute Gasteiger partial charge is 0.493 e. The minimum absolute atomic E-state index is 0.0992. The van der Waals surface area contributed by atoms with E-state index in [1.54, 1.807) is 52.1 Å². The lowest BCUT2D eigenvalue weighted by atomic mass is 10.1. The van der Waals surface area contributed by atoms with E-state index in [2.05, 4.69) is 24.1 Å². The average molecular weight is 492 g/mol. The highest BCUT2D eigenvalue weighted by Crippen LogP contribution is 2.31. The van der Waals surface area contributed by atoms with Crippen LogP contribution in [-0.4, -0.2) is 70.0 Å². The summed E-state index contributed by atoms with van der Waals surface area (Å²) in [5, 5.41) is 2.85. The summed E-state index contributed by atoms with van der Waals surface area (Å²) in [7, 11) is -2.11. The number of aryl methyl sites for hydroxylation is 1. The molecule has 0 aliphatic carbocycles. The maximum absolute atomic E-state index is 13.1. The first-order chi connectivity index (χ1) is 16.2. The molecule has 0 saturated carbocycles. The first-order valence-corrected chi connectivity index (χ1v) is 13.1. The van der Waals surface area contributed by atoms with Crippen molar-refractivity contribution in [1.29, 1.82) is 0 Å². The number of benzene rings is 2. The van der Waals surface area contributed by atoms with Gasteiger partial charge in [0.05, 0.1) is 12.0 Å². The molecule has 2 rings (SSSR count). The third-order valence-electron chi connectivity index (χ3n) is 5.78. The van der Waals surface area contributed by atoms with Crippen molar-refractivity contribution in [3.8, 4) is 11.5 Å². The van der Waals surface area contributed by atoms with E-state index in [0.29, 0.717) is 48.0 Å². The minimum Gasteiger partial charge on any atom is -0.493 e. The topological polar surface area (TPSA) is 88.2 Å². The van der Waals surface area contributed by atoms with Crippen LogP contribution in [0.1, 0.15) is 43.6 Å². The van der Waals surface area contributed by atoms with Crippen LogP contribution in [0.2, 0.25) is 0 Å². The Kier molecular flexibility index (Phi) is 10.3. The Morgan fingerprint density at radius 2 is 1.62 bits per heavy atom. The molecule has 0 aromatic heterocycles. The van der Waals surface area contributed by atoms with Gasteiger partial charge in [-0.3, -0.25) is 4.79 Å². The van der Waals surface area contributed by atoms with E-state index in [9.17, 15) is 13.2 Å². The Labute approximate surface area is 203 Å². The van der Waals surface area contributed by atoms with E-state index in [0.717, 1.165) is 19.6 Å². The summed E-state index contributed by atoms with van der Waals surface area (Å²) in [6.45, 7) is 13.4. The maximum Gasteiger partial charge on any atom is 0.255 e. The lowest BCUT2D eigenvalue weighted by Crippen LogP contribution is -2.30. The van der Waals surface area contributed by atoms with Crippen LogP contribution in [0.5, 0.6) is 11.5 Å². The summed E-state index contributed by atoms with van der Waals surface area (Å²) in [5.41, 5.74) is 1.51. The lowest BCUT2D eigenvalue weighted by Gasteiger charge is -2.20. The van der Waals surface area contributed by atoms with E-state index in [-0.39, 0.29) is 4.90 Å². The van der Waals surface area contributed by atoms with Crippen LogP contribution in [0.15, 0.2) is 41.3 Å². The number of anilines is 1. The highest BCUT2D eigenvalue weighted by Gasteiger charge is 2.23. The first kappa shape index (κ1) is 27.6. The Morgan fingerprint density at radius 1 is 0.941 bits per heavy atom. The van der Waals surface area contributed by atoms with Crippen LogP contribution >= 0.6 is 0 Å². The molecule has 0 bridgehead atoms. The number of rotatable bonds is 13. The van der Waals surface area contributed by atoms with E-state index < -0.39 is 15.9 Å². The maximum atomic E-state index is 13.1. The standard InChI is InChI=1S/C25H37N3O5S/c1-7-27(8-2)15-16-33-24-17-20(12-14-23(24)32-6)26-25(29)22-18-21(13-11-19(22)5)34(30,31)28(9-3)10-4/h11-14,17-18H,7-10,15-16H2,1-6H3,(H,26,29). The summed E-state index contributed by atoms with van der Waals surface area (Å²) >= 11 is 0. The molecule has 2 aromatic rings. The van der Waals surface area contributed by atoms with Gasteiger partial charge in [0.1, 0.15) is 6.61 Å². The van der Waals surface area contributed by atoms with Crippen molar-refractivity contribution >= 4 is 21.6 Å². The number of amides is 1. The van der Waals surface area contributed by atoms with Gasteiger partial charge in [-0.1, -0.05) is 33.8 Å². The molecule has 1 amide bonds. The van der Waals surface area contributed by atoms with E-state index in [1.165, 1.54) is 16.4 Å². The number of likely N-dealkylation sites (N-methyl/N-ethyl adjacent to an activating group) is 1. The van der Waals surface area contributed by atoms with Crippen LogP contribution in [-0.2, 0) is 10.0 Å². The highest BCUT2D eigenvalue weighted by atomic mass is 32.2. The van der Waals surface area contributed by atoms with E-state index >= 15 is 0 Å². The zero-order valence-corrected chi connectivity index (χ0v) is 21.9. The van der Waals surface area contributed by atoms with Crippen molar-refractivity contribution in [3.05, 3.63) is 47.5 Å². The normalized spacial score (nSPS) is 11.6. The van der Waals surface area contributed by atoms with Crippen LogP contribution in [0.4, 0.5) is 5.69 Å². The molecule has 0 heterocycles. The summed E-state index contributed by atoms with van der Waals surface area (Å²) in [5.74, 6) is 0.705. The predicted octanol–water partition coefficient (Wildman–Crippen LogP) is 4.01. The monoisotopic (exact) mass is 491 g/mol. The minimum atomic E-state index is -3.67. The molecule has 0 aliphatic heterocycles. The number of carbonyl (C=O) groups is 1. The number of ether oxygens (including phenoxy) is 2. The molecule has 9 heteroatoms. The number of sulfonamides is 1. The van der Waals surface area contributed by atoms with Gasteiger partial charge in [-0.2, -0.15) is 4.31 Å². The number of methoxy groups -OCH3 is 1. The molecule has 0 aliphatic rings. The zero-order chi connectivity index (χ0) is 25.3. The molecule has 0 radical (unpaired) electrons. The van der Waals surface area contributed by atoms with Gasteiger partial charge in [0.2, 0.25) is 10.0 Å². The molecule has 0 unspecified atom stereocenters. The third-order valence-corrected chi connectivity index (χ3v) is 7.82. The fourth-order valence-electron chi connectivity index (χ4n) is 3.61. The van der Waals surface area contributed by atoms with Gasteiger partial charge < -0.3 is 19.7 Å².